The number of carbonyl (C=O) groups excluding carboxylic acids is 1. The Kier molecular flexibility index (Phi) is 6.41. The molecule has 2 atom stereocenters. The lowest BCUT2D eigenvalue weighted by Crippen LogP contribution is -2.38. The van der Waals surface area contributed by atoms with Crippen molar-refractivity contribution in [2.45, 2.75) is 70.3 Å². The number of nitrogens with one attached hydrogen (secondary N) is 3. The van der Waals surface area contributed by atoms with Crippen molar-refractivity contribution in [2.24, 2.45) is 0 Å². The lowest BCUT2D eigenvalue weighted by atomic mass is 9.90. The predicted molar refractivity (Wildman–Crippen MR) is 137 cm³/mol. The topological polar surface area (TPSA) is 60.2 Å². The highest BCUT2D eigenvalue weighted by Gasteiger charge is 2.28. The van der Waals surface area contributed by atoms with Crippen molar-refractivity contribution in [2.75, 3.05) is 23.7 Å². The van der Waals surface area contributed by atoms with Gasteiger partial charge in [-0.3, -0.25) is 0 Å². The van der Waals surface area contributed by atoms with Crippen LogP contribution in [0.4, 0.5) is 16.2 Å². The minimum Gasteiger partial charge on any atom is -0.361 e. The molecular weight excluding hydrogens is 408 g/mol. The molecule has 2 aliphatic rings. The summed E-state index contributed by atoms with van der Waals surface area (Å²) in [6, 6.07) is 14.8. The summed E-state index contributed by atoms with van der Waals surface area (Å²) >= 11 is 0. The fourth-order valence-electron chi connectivity index (χ4n) is 5.81. The summed E-state index contributed by atoms with van der Waals surface area (Å²) < 4.78 is 0. The van der Waals surface area contributed by atoms with E-state index in [1.807, 2.05) is 24.3 Å². The number of rotatable bonds is 4. The number of urea groups is 1. The highest BCUT2D eigenvalue weighted by molar-refractivity contribution is 6.01. The van der Waals surface area contributed by atoms with Gasteiger partial charge < -0.3 is 20.5 Å². The monoisotopic (exact) mass is 444 g/mol. The number of nitrogens with zero attached hydrogens (tertiary/aromatic N) is 1. The Balaban J connectivity index is 1.32. The van der Waals surface area contributed by atoms with Gasteiger partial charge in [0, 0.05) is 34.5 Å². The summed E-state index contributed by atoms with van der Waals surface area (Å²) in [5, 5.41) is 7.32. The maximum atomic E-state index is 12.8. The van der Waals surface area contributed by atoms with E-state index in [4.69, 9.17) is 0 Å². The SMILES string of the molecule is CC(C)c1ccccc1NC(=O)Nc1ccc2[nH]cc(C3CCC4CCCCN4CC3)c2c1. The first-order valence-electron chi connectivity index (χ1n) is 12.6. The molecule has 5 heteroatoms. The molecule has 3 aromatic rings. The number of benzene rings is 2. The van der Waals surface area contributed by atoms with Gasteiger partial charge in [0.1, 0.15) is 0 Å². The Bertz CT molecular complexity index is 1100. The van der Waals surface area contributed by atoms with Crippen molar-refractivity contribution in [1.29, 1.82) is 0 Å². The molecule has 2 saturated heterocycles. The zero-order chi connectivity index (χ0) is 22.8. The van der Waals surface area contributed by atoms with E-state index in [1.165, 1.54) is 62.6 Å². The maximum Gasteiger partial charge on any atom is 0.323 e. The molecule has 0 aliphatic carbocycles. The molecular formula is C28H36N4O. The summed E-state index contributed by atoms with van der Waals surface area (Å²) in [7, 11) is 0. The molecule has 0 bridgehead atoms. The molecule has 2 fully saturated rings. The second-order valence-corrected chi connectivity index (χ2v) is 10.1. The van der Waals surface area contributed by atoms with Crippen LogP contribution in [-0.4, -0.2) is 35.0 Å². The van der Waals surface area contributed by atoms with Crippen molar-refractivity contribution in [3.8, 4) is 0 Å². The van der Waals surface area contributed by atoms with Crippen LogP contribution in [-0.2, 0) is 0 Å². The van der Waals surface area contributed by atoms with Crippen molar-refractivity contribution >= 4 is 28.3 Å². The minimum atomic E-state index is -0.203. The number of anilines is 2. The molecule has 2 amide bonds. The second-order valence-electron chi connectivity index (χ2n) is 10.1. The van der Waals surface area contributed by atoms with Crippen LogP contribution in [0.5, 0.6) is 0 Å². The summed E-state index contributed by atoms with van der Waals surface area (Å²) in [4.78, 5) is 19.0. The Morgan fingerprint density at radius 1 is 1.00 bits per heavy atom. The lowest BCUT2D eigenvalue weighted by molar-refractivity contribution is 0.151. The van der Waals surface area contributed by atoms with Gasteiger partial charge in [-0.15, -0.1) is 0 Å². The van der Waals surface area contributed by atoms with Crippen LogP contribution in [0.3, 0.4) is 0 Å². The Hall–Kier alpha value is -2.79. The number of piperidine rings is 1. The molecule has 2 unspecified atom stereocenters. The summed E-state index contributed by atoms with van der Waals surface area (Å²) in [5.74, 6) is 0.923. The van der Waals surface area contributed by atoms with Gasteiger partial charge in [0.25, 0.3) is 0 Å². The number of hydrogen-bond acceptors (Lipinski definition) is 2. The van der Waals surface area contributed by atoms with Crippen molar-refractivity contribution in [1.82, 2.24) is 9.88 Å². The van der Waals surface area contributed by atoms with E-state index >= 15 is 0 Å². The number of hydrogen-bond donors (Lipinski definition) is 3. The average molecular weight is 445 g/mol. The quantitative estimate of drug-likeness (QED) is 0.403. The summed E-state index contributed by atoms with van der Waals surface area (Å²) in [5.41, 5.74) is 5.38. The molecule has 174 valence electrons. The molecule has 3 heterocycles. The molecule has 5 nitrogen and oxygen atoms in total. The zero-order valence-electron chi connectivity index (χ0n) is 19.9. The lowest BCUT2D eigenvalue weighted by Gasteiger charge is -2.33. The van der Waals surface area contributed by atoms with Gasteiger partial charge in [-0.2, -0.15) is 0 Å². The summed E-state index contributed by atoms with van der Waals surface area (Å²) in [6.45, 7) is 6.75. The first kappa shape index (κ1) is 22.0. The van der Waals surface area contributed by atoms with Crippen molar-refractivity contribution in [3.05, 3.63) is 59.8 Å². The van der Waals surface area contributed by atoms with E-state index in [-0.39, 0.29) is 6.03 Å². The van der Waals surface area contributed by atoms with Crippen molar-refractivity contribution in [3.63, 3.8) is 0 Å². The molecule has 3 N–H and O–H groups in total. The van der Waals surface area contributed by atoms with E-state index in [2.05, 4.69) is 58.8 Å². The number of H-pyrrole nitrogens is 1. The van der Waals surface area contributed by atoms with E-state index in [0.29, 0.717) is 11.8 Å². The van der Waals surface area contributed by atoms with Crippen LogP contribution >= 0.6 is 0 Å². The van der Waals surface area contributed by atoms with Gasteiger partial charge >= 0.3 is 6.03 Å². The van der Waals surface area contributed by atoms with E-state index < -0.39 is 0 Å². The number of aromatic amines is 1. The van der Waals surface area contributed by atoms with Crippen LogP contribution in [0.2, 0.25) is 0 Å². The molecule has 2 aromatic carbocycles. The van der Waals surface area contributed by atoms with Gasteiger partial charge in [-0.05, 0) is 92.4 Å². The minimum absolute atomic E-state index is 0.203. The molecule has 2 aliphatic heterocycles. The normalized spacial score (nSPS) is 21.5. The van der Waals surface area contributed by atoms with Gasteiger partial charge in [-0.25, -0.2) is 4.79 Å². The van der Waals surface area contributed by atoms with Crippen LogP contribution in [0.1, 0.15) is 75.3 Å². The van der Waals surface area contributed by atoms with Gasteiger partial charge in [0.15, 0.2) is 0 Å². The standard InChI is InChI=1S/C28H36N4O/c1-19(2)23-8-3-4-9-27(23)31-28(33)30-21-11-13-26-24(17-21)25(18-29-26)20-10-12-22-7-5-6-15-32(22)16-14-20/h3-4,8-9,11,13,17-20,22,29H,5-7,10,12,14-16H2,1-2H3,(H2,30,31,33). The number of fused-ring (bicyclic) bond motifs is 2. The number of para-hydroxylation sites is 1. The molecule has 1 aromatic heterocycles. The van der Waals surface area contributed by atoms with E-state index in [1.54, 1.807) is 0 Å². The first-order chi connectivity index (χ1) is 16.1. The van der Waals surface area contributed by atoms with Gasteiger partial charge in [-0.1, -0.05) is 38.5 Å². The van der Waals surface area contributed by atoms with Gasteiger partial charge in [0.2, 0.25) is 0 Å². The number of amides is 2. The van der Waals surface area contributed by atoms with E-state index in [9.17, 15) is 4.79 Å². The third-order valence-corrected chi connectivity index (χ3v) is 7.60. The van der Waals surface area contributed by atoms with Crippen LogP contribution in [0, 0.1) is 0 Å². The predicted octanol–water partition coefficient (Wildman–Crippen LogP) is 7.06. The Labute approximate surface area is 196 Å². The molecule has 0 radical (unpaired) electrons. The average Bonchev–Trinajstić information content (AvgIpc) is 3.11. The second kappa shape index (κ2) is 9.60. The fraction of sp³-hybridized carbons (Fsp3) is 0.464. The zero-order valence-corrected chi connectivity index (χ0v) is 19.9. The van der Waals surface area contributed by atoms with Crippen LogP contribution in [0.25, 0.3) is 10.9 Å². The molecule has 0 saturated carbocycles. The van der Waals surface area contributed by atoms with Crippen LogP contribution in [0.15, 0.2) is 48.7 Å². The highest BCUT2D eigenvalue weighted by atomic mass is 16.2. The number of carbonyl (C=O) groups is 1. The number of aromatic nitrogens is 1. The fourth-order valence-corrected chi connectivity index (χ4v) is 5.81. The third-order valence-electron chi connectivity index (χ3n) is 7.60. The molecule has 5 rings (SSSR count). The van der Waals surface area contributed by atoms with E-state index in [0.717, 1.165) is 28.5 Å². The van der Waals surface area contributed by atoms with Crippen molar-refractivity contribution < 1.29 is 4.79 Å². The summed E-state index contributed by atoms with van der Waals surface area (Å²) in [6.07, 6.45) is 10.1. The Morgan fingerprint density at radius 2 is 1.88 bits per heavy atom. The highest BCUT2D eigenvalue weighted by Crippen LogP contribution is 2.37. The van der Waals surface area contributed by atoms with Crippen LogP contribution < -0.4 is 10.6 Å². The maximum absolute atomic E-state index is 12.8. The van der Waals surface area contributed by atoms with Gasteiger partial charge in [0.05, 0.1) is 0 Å². The Morgan fingerprint density at radius 3 is 2.76 bits per heavy atom. The first-order valence-corrected chi connectivity index (χ1v) is 12.6. The third kappa shape index (κ3) is 4.79. The molecule has 0 spiro atoms. The molecule has 33 heavy (non-hydrogen) atoms. The smallest absolute Gasteiger partial charge is 0.323 e. The largest absolute Gasteiger partial charge is 0.361 e.